The van der Waals surface area contributed by atoms with Crippen LogP contribution >= 0.6 is 34.8 Å². The lowest BCUT2D eigenvalue weighted by Crippen LogP contribution is -2.55. The van der Waals surface area contributed by atoms with E-state index in [0.29, 0.717) is 20.6 Å². The molecule has 1 N–H and O–H groups in total. The molecule has 2 amide bonds. The summed E-state index contributed by atoms with van der Waals surface area (Å²) in [5.74, 6) is -0.920. The number of anilines is 1. The van der Waals surface area contributed by atoms with Gasteiger partial charge in [-0.25, -0.2) is 8.42 Å². The van der Waals surface area contributed by atoms with Crippen molar-refractivity contribution in [1.82, 2.24) is 10.2 Å². The van der Waals surface area contributed by atoms with E-state index < -0.39 is 28.5 Å². The highest BCUT2D eigenvalue weighted by Crippen LogP contribution is 2.30. The van der Waals surface area contributed by atoms with Gasteiger partial charge in [-0.05, 0) is 66.9 Å². The van der Waals surface area contributed by atoms with E-state index in [1.807, 2.05) is 30.3 Å². The third kappa shape index (κ3) is 8.87. The predicted octanol–water partition coefficient (Wildman–Crippen LogP) is 7.93. The van der Waals surface area contributed by atoms with Crippen molar-refractivity contribution in [3.63, 3.8) is 0 Å². The monoisotopic (exact) mass is 711 g/mol. The van der Waals surface area contributed by atoms with Crippen LogP contribution in [0.1, 0.15) is 43.2 Å². The van der Waals surface area contributed by atoms with Crippen LogP contribution in [0.5, 0.6) is 0 Å². The van der Waals surface area contributed by atoms with Gasteiger partial charge in [0.25, 0.3) is 10.0 Å². The lowest BCUT2D eigenvalue weighted by atomic mass is 9.94. The van der Waals surface area contributed by atoms with E-state index in [-0.39, 0.29) is 35.5 Å². The van der Waals surface area contributed by atoms with E-state index in [1.54, 1.807) is 60.7 Å². The standard InChI is InChI=1S/C36H36Cl3N3O4S/c37-27-19-21-29(22-20-27)42(47(45,46)30-15-8-3-9-16-30)25-35(43)41(24-31-32(38)17-10-18-33(31)39)34(23-26-11-4-1-5-12-26)36(44)40-28-13-6-2-7-14-28/h1,3-5,8-12,15-22,28,34H,2,6-7,13-14,23-25H2,(H,40,44). The van der Waals surface area contributed by atoms with E-state index in [0.717, 1.165) is 42.0 Å². The van der Waals surface area contributed by atoms with Crippen LogP contribution in [0.2, 0.25) is 15.1 Å². The smallest absolute Gasteiger partial charge is 0.264 e. The van der Waals surface area contributed by atoms with Crippen molar-refractivity contribution in [2.24, 2.45) is 0 Å². The van der Waals surface area contributed by atoms with Crippen LogP contribution in [0.25, 0.3) is 0 Å². The molecular weight excluding hydrogens is 677 g/mol. The summed E-state index contributed by atoms with van der Waals surface area (Å²) in [4.78, 5) is 30.3. The van der Waals surface area contributed by atoms with Crippen LogP contribution in [0.4, 0.5) is 5.69 Å². The number of hydrogen-bond donors (Lipinski definition) is 1. The summed E-state index contributed by atoms with van der Waals surface area (Å²) in [6, 6.07) is 27.5. The normalized spacial score (nSPS) is 14.3. The molecule has 0 spiro atoms. The quantitative estimate of drug-likeness (QED) is 0.162. The van der Waals surface area contributed by atoms with Gasteiger partial charge in [-0.2, -0.15) is 0 Å². The second-order valence-electron chi connectivity index (χ2n) is 11.6. The Hall–Kier alpha value is -3.56. The zero-order chi connectivity index (χ0) is 33.4. The van der Waals surface area contributed by atoms with Crippen molar-refractivity contribution in [3.8, 4) is 0 Å². The van der Waals surface area contributed by atoms with Crippen LogP contribution < -0.4 is 9.62 Å². The molecule has 1 saturated carbocycles. The van der Waals surface area contributed by atoms with Crippen molar-refractivity contribution >= 4 is 62.3 Å². The summed E-state index contributed by atoms with van der Waals surface area (Å²) in [6.45, 7) is -0.713. The lowest BCUT2D eigenvalue weighted by Gasteiger charge is -2.35. The molecule has 0 saturated heterocycles. The summed E-state index contributed by atoms with van der Waals surface area (Å²) in [5.41, 5.74) is 1.54. The summed E-state index contributed by atoms with van der Waals surface area (Å²) >= 11 is 19.4. The van der Waals surface area contributed by atoms with Crippen LogP contribution in [-0.4, -0.2) is 43.8 Å². The highest BCUT2D eigenvalue weighted by molar-refractivity contribution is 7.92. The Balaban J connectivity index is 1.58. The molecule has 1 fully saturated rings. The van der Waals surface area contributed by atoms with Crippen molar-refractivity contribution in [3.05, 3.63) is 129 Å². The number of hydrogen-bond acceptors (Lipinski definition) is 4. The Labute approximate surface area is 291 Å². The van der Waals surface area contributed by atoms with Gasteiger partial charge in [-0.15, -0.1) is 0 Å². The van der Waals surface area contributed by atoms with Gasteiger partial charge in [0.15, 0.2) is 0 Å². The van der Waals surface area contributed by atoms with Gasteiger partial charge in [-0.3, -0.25) is 13.9 Å². The first-order valence-electron chi connectivity index (χ1n) is 15.5. The Morgan fingerprint density at radius 1 is 0.766 bits per heavy atom. The first kappa shape index (κ1) is 34.8. The predicted molar refractivity (Wildman–Crippen MR) is 188 cm³/mol. The lowest BCUT2D eigenvalue weighted by molar-refractivity contribution is -0.140. The van der Waals surface area contributed by atoms with Crippen molar-refractivity contribution < 1.29 is 18.0 Å². The fraction of sp³-hybridized carbons (Fsp3) is 0.278. The average molecular weight is 713 g/mol. The molecule has 1 atom stereocenters. The molecule has 47 heavy (non-hydrogen) atoms. The van der Waals surface area contributed by atoms with Gasteiger partial charge in [0.1, 0.15) is 12.6 Å². The number of nitrogens with zero attached hydrogens (tertiary/aromatic N) is 2. The number of amides is 2. The van der Waals surface area contributed by atoms with Crippen LogP contribution in [0.3, 0.4) is 0 Å². The molecule has 1 aliphatic carbocycles. The molecule has 1 aliphatic rings. The SMILES string of the molecule is O=C(NC1CCCCC1)C(Cc1ccccc1)N(Cc1c(Cl)cccc1Cl)C(=O)CN(c1ccc(Cl)cc1)S(=O)(=O)c1ccccc1. The van der Waals surface area contributed by atoms with Gasteiger partial charge >= 0.3 is 0 Å². The van der Waals surface area contributed by atoms with Gasteiger partial charge in [0, 0.05) is 39.6 Å². The number of nitrogens with one attached hydrogen (secondary N) is 1. The largest absolute Gasteiger partial charge is 0.352 e. The molecule has 1 unspecified atom stereocenters. The molecule has 0 aliphatic heterocycles. The third-order valence-electron chi connectivity index (χ3n) is 8.34. The zero-order valence-corrected chi connectivity index (χ0v) is 28.8. The molecule has 11 heteroatoms. The molecule has 246 valence electrons. The number of carbonyl (C=O) groups is 2. The number of benzene rings is 4. The Morgan fingerprint density at radius 3 is 1.98 bits per heavy atom. The van der Waals surface area contributed by atoms with E-state index in [4.69, 9.17) is 34.8 Å². The number of rotatable bonds is 12. The highest BCUT2D eigenvalue weighted by atomic mass is 35.5. The fourth-order valence-electron chi connectivity index (χ4n) is 5.81. The minimum atomic E-state index is -4.22. The molecule has 4 aromatic rings. The van der Waals surface area contributed by atoms with E-state index in [2.05, 4.69) is 5.32 Å². The van der Waals surface area contributed by atoms with Crippen LogP contribution in [0, 0.1) is 0 Å². The third-order valence-corrected chi connectivity index (χ3v) is 11.1. The van der Waals surface area contributed by atoms with Crippen molar-refractivity contribution in [2.75, 3.05) is 10.8 Å². The highest BCUT2D eigenvalue weighted by Gasteiger charge is 2.36. The maximum atomic E-state index is 14.7. The van der Waals surface area contributed by atoms with Gasteiger partial charge in [-0.1, -0.05) is 109 Å². The van der Waals surface area contributed by atoms with Gasteiger partial charge < -0.3 is 10.2 Å². The van der Waals surface area contributed by atoms with Gasteiger partial charge in [0.05, 0.1) is 10.6 Å². The second kappa shape index (κ2) is 16.0. The topological polar surface area (TPSA) is 86.8 Å². The molecule has 0 radical (unpaired) electrons. The molecule has 0 heterocycles. The Morgan fingerprint density at radius 2 is 1.36 bits per heavy atom. The van der Waals surface area contributed by atoms with E-state index >= 15 is 0 Å². The van der Waals surface area contributed by atoms with Crippen molar-refractivity contribution in [2.45, 2.75) is 62.0 Å². The fourth-order valence-corrected chi connectivity index (χ4v) is 7.89. The molecular formula is C36H36Cl3N3O4S. The van der Waals surface area contributed by atoms with E-state index in [9.17, 15) is 18.0 Å². The van der Waals surface area contributed by atoms with Crippen molar-refractivity contribution in [1.29, 1.82) is 0 Å². The Bertz CT molecular complexity index is 1750. The summed E-state index contributed by atoms with van der Waals surface area (Å²) in [6.07, 6.45) is 5.05. The minimum Gasteiger partial charge on any atom is -0.352 e. The summed E-state index contributed by atoms with van der Waals surface area (Å²) in [7, 11) is -4.22. The summed E-state index contributed by atoms with van der Waals surface area (Å²) < 4.78 is 29.2. The first-order valence-corrected chi connectivity index (χ1v) is 18.1. The molecule has 4 aromatic carbocycles. The molecule has 5 rings (SSSR count). The average Bonchev–Trinajstić information content (AvgIpc) is 3.08. The number of halogens is 3. The maximum Gasteiger partial charge on any atom is 0.264 e. The first-order chi connectivity index (χ1) is 22.6. The number of carbonyl (C=O) groups excluding carboxylic acids is 2. The molecule has 0 bridgehead atoms. The Kier molecular flexibility index (Phi) is 11.9. The summed E-state index contributed by atoms with van der Waals surface area (Å²) in [5, 5.41) is 4.26. The number of sulfonamides is 1. The van der Waals surface area contributed by atoms with Gasteiger partial charge in [0.2, 0.25) is 11.8 Å². The second-order valence-corrected chi connectivity index (χ2v) is 14.7. The molecule has 7 nitrogen and oxygen atoms in total. The van der Waals surface area contributed by atoms with Crippen LogP contribution in [-0.2, 0) is 32.6 Å². The van der Waals surface area contributed by atoms with Crippen LogP contribution in [0.15, 0.2) is 108 Å². The molecule has 0 aromatic heterocycles. The van der Waals surface area contributed by atoms with E-state index in [1.165, 1.54) is 17.0 Å². The maximum absolute atomic E-state index is 14.7. The zero-order valence-electron chi connectivity index (χ0n) is 25.7. The minimum absolute atomic E-state index is 0.0133.